The van der Waals surface area contributed by atoms with Gasteiger partial charge in [0.25, 0.3) is 23.6 Å². The molecule has 0 aliphatic carbocycles. The van der Waals surface area contributed by atoms with E-state index in [4.69, 9.17) is 19.9 Å². The number of aliphatic hydroxyl groups is 2. The first-order chi connectivity index (χ1) is 16.1. The molecule has 3 aliphatic heterocycles. The lowest BCUT2D eigenvalue weighted by Crippen LogP contribution is -2.79. The number of hydrogen-bond donors (Lipinski definition) is 4. The van der Waals surface area contributed by atoms with Crippen LogP contribution in [0.4, 0.5) is 0 Å². The maximum atomic E-state index is 13.2. The van der Waals surface area contributed by atoms with Gasteiger partial charge in [-0.05, 0) is 39.5 Å². The summed E-state index contributed by atoms with van der Waals surface area (Å²) in [5, 5.41) is 25.3. The Balaban J connectivity index is 0.00000432. The van der Waals surface area contributed by atoms with Crippen LogP contribution >= 0.6 is 0 Å². The van der Waals surface area contributed by atoms with Crippen LogP contribution < -0.4 is 10.6 Å². The summed E-state index contributed by atoms with van der Waals surface area (Å²) in [7, 11) is 0. The molecule has 4 amide bonds. The van der Waals surface area contributed by atoms with Crippen LogP contribution in [0.1, 0.15) is 52.4 Å². The normalized spacial score (nSPS) is 27.4. The Morgan fingerprint density at radius 1 is 0.857 bits per heavy atom. The summed E-state index contributed by atoms with van der Waals surface area (Å²) in [6.45, 7) is 3.65. The minimum Gasteiger partial charge on any atom is -0.412 e. The molecule has 0 bridgehead atoms. The zero-order valence-electron chi connectivity index (χ0n) is 20.0. The van der Waals surface area contributed by atoms with E-state index in [1.54, 1.807) is 13.8 Å². The number of carbonyl (C=O) groups is 4. The Kier molecular flexibility index (Phi) is 9.52. The Morgan fingerprint density at radius 3 is 1.57 bits per heavy atom. The fourth-order valence-electron chi connectivity index (χ4n) is 4.04. The highest BCUT2D eigenvalue weighted by Crippen LogP contribution is 2.33. The highest BCUT2D eigenvalue weighted by atomic mass is 16.7. The van der Waals surface area contributed by atoms with Crippen molar-refractivity contribution in [1.29, 1.82) is 0 Å². The number of nitrogens with zero attached hydrogens (tertiary/aromatic N) is 2. The third kappa shape index (κ3) is 6.24. The van der Waals surface area contributed by atoms with Gasteiger partial charge in [-0.15, -0.1) is 0 Å². The Bertz CT molecular complexity index is 833. The number of hydrogen-bond acceptors (Lipinski definition) is 8. The molecule has 0 aromatic rings. The number of nitrogens with one attached hydrogen (secondary N) is 2. The van der Waals surface area contributed by atoms with E-state index in [0.29, 0.717) is 36.8 Å². The first kappa shape index (κ1) is 28.4. The molecular formula is C22H34N4O9. The summed E-state index contributed by atoms with van der Waals surface area (Å²) in [4.78, 5) is 62.8. The van der Waals surface area contributed by atoms with Gasteiger partial charge in [-0.25, -0.2) is 19.8 Å². The Morgan fingerprint density at radius 2 is 1.23 bits per heavy atom. The minimum absolute atomic E-state index is 0. The Hall–Kier alpha value is -2.84. The van der Waals surface area contributed by atoms with Crippen LogP contribution in [0.3, 0.4) is 0 Å². The molecule has 3 aliphatic rings. The number of piperazine rings is 1. The minimum atomic E-state index is -1.78. The lowest BCUT2D eigenvalue weighted by molar-refractivity contribution is -0.290. The average Bonchev–Trinajstić information content (AvgIpc) is 2.78. The van der Waals surface area contributed by atoms with E-state index < -0.39 is 35.1 Å². The van der Waals surface area contributed by atoms with Crippen molar-refractivity contribution in [2.45, 2.75) is 63.8 Å². The predicted molar refractivity (Wildman–Crippen MR) is 120 cm³/mol. The van der Waals surface area contributed by atoms with E-state index in [1.807, 2.05) is 0 Å². The van der Waals surface area contributed by atoms with Crippen molar-refractivity contribution in [2.24, 2.45) is 0 Å². The zero-order valence-corrected chi connectivity index (χ0v) is 20.0. The zero-order chi connectivity index (χ0) is 24.9. The second-order valence-electron chi connectivity index (χ2n) is 8.76. The molecule has 196 valence electrons. The molecule has 0 aromatic heterocycles. The number of hydroxylamine groups is 4. The average molecular weight is 499 g/mol. The maximum absolute atomic E-state index is 13.2. The van der Waals surface area contributed by atoms with Crippen LogP contribution in [0.15, 0.2) is 23.3 Å². The molecule has 0 unspecified atom stereocenters. The second kappa shape index (κ2) is 11.7. The van der Waals surface area contributed by atoms with E-state index in [-0.39, 0.29) is 44.6 Å². The second-order valence-corrected chi connectivity index (χ2v) is 8.76. The van der Waals surface area contributed by atoms with Crippen LogP contribution in [0, 0.1) is 0 Å². The van der Waals surface area contributed by atoms with E-state index in [0.717, 1.165) is 10.1 Å². The fraction of sp³-hybridized carbons (Fsp3) is 0.636. The molecule has 3 fully saturated rings. The van der Waals surface area contributed by atoms with Crippen molar-refractivity contribution in [3.8, 4) is 0 Å². The molecule has 2 spiro atoms. The van der Waals surface area contributed by atoms with Crippen molar-refractivity contribution in [2.75, 3.05) is 26.3 Å². The van der Waals surface area contributed by atoms with Gasteiger partial charge < -0.3 is 26.3 Å². The van der Waals surface area contributed by atoms with E-state index in [9.17, 15) is 19.2 Å². The van der Waals surface area contributed by atoms with Crippen molar-refractivity contribution in [3.05, 3.63) is 23.3 Å². The molecule has 3 rings (SSSR count). The molecule has 0 aromatic carbocycles. The molecular weight excluding hydrogens is 464 g/mol. The summed E-state index contributed by atoms with van der Waals surface area (Å²) >= 11 is 0. The van der Waals surface area contributed by atoms with Gasteiger partial charge in [-0.1, -0.05) is 11.1 Å². The summed E-state index contributed by atoms with van der Waals surface area (Å²) in [6, 6.07) is 0. The first-order valence-corrected chi connectivity index (χ1v) is 11.4. The van der Waals surface area contributed by atoms with Crippen LogP contribution in [0.2, 0.25) is 0 Å². The number of carbonyl (C=O) groups excluding carboxylic acids is 4. The summed E-state index contributed by atoms with van der Waals surface area (Å²) < 4.78 is 0. The van der Waals surface area contributed by atoms with Gasteiger partial charge in [-0.2, -0.15) is 0 Å². The molecule has 3 heterocycles. The standard InChI is InChI=1S/C22H32N4O8.H2O/c1-15(5-11-27)13-17(29)25-9-3-7-21(33-25)19(31)24-22(20(32)23-21)8-4-10-26(34-22)18(30)14-16(2)6-12-28;/h13-14,27-28H,3-12H2,1-2H3,(H,23,32)(H,24,31);1H2/b15-13+,16-14+;/t21-,22-;/m0./s1. The molecule has 35 heavy (non-hydrogen) atoms. The van der Waals surface area contributed by atoms with Crippen molar-refractivity contribution < 1.29 is 44.5 Å². The van der Waals surface area contributed by atoms with Crippen molar-refractivity contribution >= 4 is 23.6 Å². The van der Waals surface area contributed by atoms with E-state index in [1.165, 1.54) is 12.2 Å². The number of amides is 4. The molecule has 13 nitrogen and oxygen atoms in total. The molecule has 0 saturated carbocycles. The maximum Gasteiger partial charge on any atom is 0.278 e. The molecule has 13 heteroatoms. The van der Waals surface area contributed by atoms with Gasteiger partial charge in [-0.3, -0.25) is 19.2 Å². The van der Waals surface area contributed by atoms with Gasteiger partial charge in [0, 0.05) is 51.3 Å². The first-order valence-electron chi connectivity index (χ1n) is 11.4. The summed E-state index contributed by atoms with van der Waals surface area (Å²) in [6.07, 6.45) is 4.39. The SMILES string of the molecule is C/C(=C\C(=O)N1CCC[C@]2(NC(=O)[C@@]3(CCCN(C(=O)/C=C(\C)CCO)O3)NC2=O)O1)CCO.O. The fourth-order valence-corrected chi connectivity index (χ4v) is 4.04. The molecule has 2 atom stereocenters. The van der Waals surface area contributed by atoms with E-state index >= 15 is 0 Å². The quantitative estimate of drug-likeness (QED) is 0.320. The number of rotatable bonds is 6. The third-order valence-corrected chi connectivity index (χ3v) is 5.92. The number of aliphatic hydroxyl groups excluding tert-OH is 2. The molecule has 6 N–H and O–H groups in total. The van der Waals surface area contributed by atoms with Crippen LogP contribution in [-0.2, 0) is 28.9 Å². The van der Waals surface area contributed by atoms with Gasteiger partial charge in [0.15, 0.2) is 0 Å². The van der Waals surface area contributed by atoms with Crippen LogP contribution in [-0.4, -0.2) is 87.2 Å². The monoisotopic (exact) mass is 498 g/mol. The highest BCUT2D eigenvalue weighted by Gasteiger charge is 2.59. The van der Waals surface area contributed by atoms with Crippen molar-refractivity contribution in [1.82, 2.24) is 20.8 Å². The van der Waals surface area contributed by atoms with E-state index in [2.05, 4.69) is 10.6 Å². The lowest BCUT2D eigenvalue weighted by atomic mass is 9.95. The third-order valence-electron chi connectivity index (χ3n) is 5.92. The van der Waals surface area contributed by atoms with Gasteiger partial charge >= 0.3 is 0 Å². The molecule has 0 radical (unpaired) electrons. The predicted octanol–water partition coefficient (Wildman–Crippen LogP) is -1.43. The molecule has 3 saturated heterocycles. The highest BCUT2D eigenvalue weighted by molar-refractivity contribution is 6.01. The summed E-state index contributed by atoms with van der Waals surface area (Å²) in [5.74, 6) is -2.35. The smallest absolute Gasteiger partial charge is 0.278 e. The van der Waals surface area contributed by atoms with Crippen LogP contribution in [0.5, 0.6) is 0 Å². The largest absolute Gasteiger partial charge is 0.412 e. The summed E-state index contributed by atoms with van der Waals surface area (Å²) in [5.41, 5.74) is -2.25. The van der Waals surface area contributed by atoms with Gasteiger partial charge in [0.1, 0.15) is 0 Å². The van der Waals surface area contributed by atoms with Gasteiger partial charge in [0.05, 0.1) is 0 Å². The van der Waals surface area contributed by atoms with Crippen molar-refractivity contribution in [3.63, 3.8) is 0 Å². The van der Waals surface area contributed by atoms with Gasteiger partial charge in [0.2, 0.25) is 11.4 Å². The lowest BCUT2D eigenvalue weighted by Gasteiger charge is -2.49. The topological polar surface area (TPSA) is 189 Å². The van der Waals surface area contributed by atoms with Crippen LogP contribution in [0.25, 0.3) is 0 Å². The Labute approximate surface area is 202 Å².